The molecule has 3 aromatic carbocycles. The molecular formula is C31H34O12. The summed E-state index contributed by atoms with van der Waals surface area (Å²) in [7, 11) is 0. The average Bonchev–Trinajstić information content (AvgIpc) is 3.02. The molecule has 0 fully saturated rings. The van der Waals surface area contributed by atoms with E-state index in [1.54, 1.807) is 60.7 Å². The summed E-state index contributed by atoms with van der Waals surface area (Å²) < 4.78 is 58.3. The van der Waals surface area contributed by atoms with E-state index in [4.69, 9.17) is 47.4 Å². The van der Waals surface area contributed by atoms with Gasteiger partial charge in [0, 0.05) is 6.08 Å². The molecule has 0 spiro atoms. The highest BCUT2D eigenvalue weighted by atomic mass is 16.8. The molecule has 230 valence electrons. The molecule has 0 heterocycles. The van der Waals surface area contributed by atoms with Gasteiger partial charge >= 0.3 is 5.97 Å². The standard InChI is InChI=1S/C31H34O12/c1-4-31(32)43-21-36-20-38-26-8-12-28(13-9-26)40-23-42-30-15-14-29(16-24(30)3)41-22-39-27-10-6-25(7-11-27)37-19-35-18-34-17-33-5-2/h4-16H,1-2,17-23H2,3H3. The Kier molecular flexibility index (Phi) is 14.6. The molecule has 43 heavy (non-hydrogen) atoms. The highest BCUT2D eigenvalue weighted by molar-refractivity contribution is 5.81. The Labute approximate surface area is 249 Å². The predicted molar refractivity (Wildman–Crippen MR) is 153 cm³/mol. The summed E-state index contributed by atoms with van der Waals surface area (Å²) >= 11 is 0. The van der Waals surface area contributed by atoms with Crippen LogP contribution in [0.3, 0.4) is 0 Å². The lowest BCUT2D eigenvalue weighted by molar-refractivity contribution is -0.155. The normalized spacial score (nSPS) is 10.3. The van der Waals surface area contributed by atoms with Gasteiger partial charge in [-0.25, -0.2) is 4.79 Å². The molecular weight excluding hydrogens is 564 g/mol. The first-order valence-electron chi connectivity index (χ1n) is 12.9. The van der Waals surface area contributed by atoms with Gasteiger partial charge in [0.05, 0.1) is 6.26 Å². The van der Waals surface area contributed by atoms with E-state index < -0.39 is 5.97 Å². The Morgan fingerprint density at radius 2 is 1.05 bits per heavy atom. The molecule has 0 saturated carbocycles. The first-order chi connectivity index (χ1) is 21.1. The van der Waals surface area contributed by atoms with E-state index in [0.717, 1.165) is 11.6 Å². The zero-order valence-electron chi connectivity index (χ0n) is 23.8. The highest BCUT2D eigenvalue weighted by Crippen LogP contribution is 2.25. The minimum absolute atomic E-state index is 0.00640. The Morgan fingerprint density at radius 3 is 1.58 bits per heavy atom. The predicted octanol–water partition coefficient (Wildman–Crippen LogP) is 5.31. The molecule has 3 aromatic rings. The lowest BCUT2D eigenvalue weighted by Gasteiger charge is -2.13. The van der Waals surface area contributed by atoms with Crippen LogP contribution in [0.1, 0.15) is 5.56 Å². The Balaban J connectivity index is 1.29. The Bertz CT molecular complexity index is 1240. The van der Waals surface area contributed by atoms with E-state index >= 15 is 0 Å². The number of esters is 1. The van der Waals surface area contributed by atoms with Crippen molar-refractivity contribution in [3.05, 3.63) is 97.8 Å². The van der Waals surface area contributed by atoms with Gasteiger partial charge in [0.15, 0.2) is 34.0 Å². The number of carbonyl (C=O) groups excluding carboxylic acids is 1. The maximum atomic E-state index is 10.9. The summed E-state index contributed by atoms with van der Waals surface area (Å²) in [6.07, 6.45) is 2.34. The largest absolute Gasteiger partial charge is 0.476 e. The number of aryl methyl sites for hydroxylation is 1. The summed E-state index contributed by atoms with van der Waals surface area (Å²) in [5, 5.41) is 0. The molecule has 0 N–H and O–H groups in total. The molecule has 0 aromatic heterocycles. The third-order valence-corrected chi connectivity index (χ3v) is 5.19. The first kappa shape index (κ1) is 32.6. The van der Waals surface area contributed by atoms with Gasteiger partial charge in [0.2, 0.25) is 13.6 Å². The summed E-state index contributed by atoms with van der Waals surface area (Å²) in [4.78, 5) is 10.9. The monoisotopic (exact) mass is 598 g/mol. The maximum Gasteiger partial charge on any atom is 0.332 e. The van der Waals surface area contributed by atoms with Gasteiger partial charge in [-0.2, -0.15) is 0 Å². The van der Waals surface area contributed by atoms with Crippen molar-refractivity contribution in [1.29, 1.82) is 0 Å². The third kappa shape index (κ3) is 13.1. The molecule has 0 aliphatic rings. The van der Waals surface area contributed by atoms with Crippen molar-refractivity contribution in [3.8, 4) is 34.5 Å². The van der Waals surface area contributed by atoms with Gasteiger partial charge in [-0.1, -0.05) is 13.2 Å². The number of ether oxygens (including phenoxy) is 11. The van der Waals surface area contributed by atoms with Crippen LogP contribution in [-0.4, -0.2) is 53.5 Å². The van der Waals surface area contributed by atoms with E-state index in [2.05, 4.69) is 17.9 Å². The molecule has 0 atom stereocenters. The van der Waals surface area contributed by atoms with Crippen LogP contribution in [0.5, 0.6) is 34.5 Å². The number of rotatable bonds is 22. The van der Waals surface area contributed by atoms with Gasteiger partial charge in [-0.15, -0.1) is 0 Å². The first-order valence-corrected chi connectivity index (χ1v) is 12.9. The van der Waals surface area contributed by atoms with Crippen LogP contribution >= 0.6 is 0 Å². The second-order valence-corrected chi connectivity index (χ2v) is 8.17. The lowest BCUT2D eigenvalue weighted by Crippen LogP contribution is -2.09. The van der Waals surface area contributed by atoms with Crippen molar-refractivity contribution < 1.29 is 56.9 Å². The van der Waals surface area contributed by atoms with Gasteiger partial charge < -0.3 is 52.1 Å². The minimum atomic E-state index is -0.569. The number of benzene rings is 3. The Morgan fingerprint density at radius 1 is 0.581 bits per heavy atom. The molecule has 0 unspecified atom stereocenters. The van der Waals surface area contributed by atoms with Gasteiger partial charge in [0.25, 0.3) is 0 Å². The highest BCUT2D eigenvalue weighted by Gasteiger charge is 2.05. The second kappa shape index (κ2) is 19.3. The smallest absolute Gasteiger partial charge is 0.332 e. The molecule has 0 bridgehead atoms. The van der Waals surface area contributed by atoms with Crippen LogP contribution < -0.4 is 28.4 Å². The lowest BCUT2D eigenvalue weighted by atomic mass is 10.2. The topological polar surface area (TPSA) is 119 Å². The van der Waals surface area contributed by atoms with Crippen molar-refractivity contribution in [1.82, 2.24) is 0 Å². The Hall–Kier alpha value is -4.91. The molecule has 0 amide bonds. The summed E-state index contributed by atoms with van der Waals surface area (Å²) in [6, 6.07) is 19.3. The van der Waals surface area contributed by atoms with Crippen molar-refractivity contribution >= 4 is 5.97 Å². The van der Waals surface area contributed by atoms with Crippen molar-refractivity contribution in [2.75, 3.05) is 47.6 Å². The number of hydrogen-bond acceptors (Lipinski definition) is 12. The van der Waals surface area contributed by atoms with E-state index in [1.165, 1.54) is 6.26 Å². The fourth-order valence-corrected chi connectivity index (χ4v) is 3.10. The average molecular weight is 599 g/mol. The molecule has 0 aliphatic heterocycles. The third-order valence-electron chi connectivity index (χ3n) is 5.19. The van der Waals surface area contributed by atoms with E-state index in [9.17, 15) is 4.79 Å². The minimum Gasteiger partial charge on any atom is -0.476 e. The van der Waals surface area contributed by atoms with Gasteiger partial charge in [-0.3, -0.25) is 0 Å². The SMILES string of the molecule is C=COCOCOCOc1ccc(OCOc2ccc(OCOc3ccc(OCOCOC(=O)C=C)cc3)c(C)c2)cc1. The maximum absolute atomic E-state index is 10.9. The summed E-state index contributed by atoms with van der Waals surface area (Å²) in [6.45, 7) is 8.45. The fourth-order valence-electron chi connectivity index (χ4n) is 3.10. The van der Waals surface area contributed by atoms with Gasteiger partial charge in [-0.05, 0) is 79.2 Å². The van der Waals surface area contributed by atoms with Crippen LogP contribution in [-0.2, 0) is 28.5 Å². The van der Waals surface area contributed by atoms with E-state index in [0.29, 0.717) is 34.5 Å². The quantitative estimate of drug-likeness (QED) is 0.0490. The number of carbonyl (C=O) groups is 1. The van der Waals surface area contributed by atoms with Gasteiger partial charge in [0.1, 0.15) is 34.5 Å². The second-order valence-electron chi connectivity index (χ2n) is 8.17. The summed E-state index contributed by atoms with van der Waals surface area (Å²) in [5.41, 5.74) is 0.867. The zero-order valence-corrected chi connectivity index (χ0v) is 23.8. The van der Waals surface area contributed by atoms with E-state index in [1.807, 2.05) is 13.0 Å². The summed E-state index contributed by atoms with van der Waals surface area (Å²) in [5.74, 6) is 3.09. The van der Waals surface area contributed by atoms with E-state index in [-0.39, 0.29) is 47.6 Å². The molecule has 0 saturated heterocycles. The van der Waals surface area contributed by atoms with Crippen molar-refractivity contribution in [2.45, 2.75) is 6.92 Å². The number of hydrogen-bond donors (Lipinski definition) is 0. The molecule has 0 radical (unpaired) electrons. The molecule has 3 rings (SSSR count). The fraction of sp³-hybridized carbons (Fsp3) is 0.258. The van der Waals surface area contributed by atoms with Crippen LogP contribution in [0.4, 0.5) is 0 Å². The van der Waals surface area contributed by atoms with Crippen LogP contribution in [0, 0.1) is 6.92 Å². The van der Waals surface area contributed by atoms with Crippen LogP contribution in [0.2, 0.25) is 0 Å². The zero-order chi connectivity index (χ0) is 30.5. The molecule has 0 aliphatic carbocycles. The van der Waals surface area contributed by atoms with Crippen molar-refractivity contribution in [2.24, 2.45) is 0 Å². The van der Waals surface area contributed by atoms with Crippen LogP contribution in [0.25, 0.3) is 0 Å². The van der Waals surface area contributed by atoms with Crippen LogP contribution in [0.15, 0.2) is 92.2 Å². The van der Waals surface area contributed by atoms with Crippen molar-refractivity contribution in [3.63, 3.8) is 0 Å². The molecule has 12 nitrogen and oxygen atoms in total. The molecule has 12 heteroatoms.